The Morgan fingerprint density at radius 3 is 2.29 bits per heavy atom. The van der Waals surface area contributed by atoms with Gasteiger partial charge in [-0.2, -0.15) is 0 Å². The van der Waals surface area contributed by atoms with Crippen LogP contribution in [0, 0.1) is 0 Å². The third kappa shape index (κ3) is 4.90. The standard InChI is InChI=1S/C19H23NS/c1-3-7-16(8-4-1)17(15-20-18-11-12-18)13-14-21-19-9-5-2-6-10-19/h1-10,17-18,20H,11-15H2. The van der Waals surface area contributed by atoms with Crippen molar-refractivity contribution in [3.8, 4) is 0 Å². The number of thioether (sulfide) groups is 1. The molecule has 0 aliphatic heterocycles. The lowest BCUT2D eigenvalue weighted by Crippen LogP contribution is -2.24. The lowest BCUT2D eigenvalue weighted by molar-refractivity contribution is 0.570. The van der Waals surface area contributed by atoms with E-state index in [1.54, 1.807) is 0 Å². The summed E-state index contributed by atoms with van der Waals surface area (Å²) in [5.41, 5.74) is 1.47. The first-order chi connectivity index (χ1) is 10.4. The molecule has 0 aromatic heterocycles. The first-order valence-corrected chi connectivity index (χ1v) is 8.86. The second-order valence-electron chi connectivity index (χ2n) is 5.74. The highest BCUT2D eigenvalue weighted by Crippen LogP contribution is 2.26. The number of rotatable bonds is 8. The van der Waals surface area contributed by atoms with Gasteiger partial charge in [-0.15, -0.1) is 11.8 Å². The number of hydrogen-bond donors (Lipinski definition) is 1. The third-order valence-corrected chi connectivity index (χ3v) is 5.02. The van der Waals surface area contributed by atoms with E-state index in [4.69, 9.17) is 0 Å². The van der Waals surface area contributed by atoms with Crippen LogP contribution in [0.15, 0.2) is 65.6 Å². The molecule has 0 heterocycles. The molecule has 2 heteroatoms. The predicted molar refractivity (Wildman–Crippen MR) is 92.0 cm³/mol. The van der Waals surface area contributed by atoms with Gasteiger partial charge in [-0.05, 0) is 48.6 Å². The monoisotopic (exact) mass is 297 g/mol. The topological polar surface area (TPSA) is 12.0 Å². The summed E-state index contributed by atoms with van der Waals surface area (Å²) in [6, 6.07) is 22.5. The van der Waals surface area contributed by atoms with Gasteiger partial charge in [-0.1, -0.05) is 48.5 Å². The zero-order valence-corrected chi connectivity index (χ0v) is 13.2. The van der Waals surface area contributed by atoms with Gasteiger partial charge in [0.1, 0.15) is 0 Å². The lowest BCUT2D eigenvalue weighted by atomic mass is 9.96. The molecule has 1 nitrogen and oxygen atoms in total. The van der Waals surface area contributed by atoms with Crippen molar-refractivity contribution in [2.24, 2.45) is 0 Å². The Balaban J connectivity index is 1.53. The fourth-order valence-corrected chi connectivity index (χ4v) is 3.53. The molecule has 1 atom stereocenters. The Morgan fingerprint density at radius 2 is 1.62 bits per heavy atom. The minimum Gasteiger partial charge on any atom is -0.313 e. The van der Waals surface area contributed by atoms with Crippen LogP contribution in [0.3, 0.4) is 0 Å². The largest absolute Gasteiger partial charge is 0.313 e. The van der Waals surface area contributed by atoms with E-state index < -0.39 is 0 Å². The average molecular weight is 297 g/mol. The molecule has 0 saturated heterocycles. The SMILES string of the molecule is c1ccc(SCCC(CNC2CC2)c2ccccc2)cc1. The summed E-state index contributed by atoms with van der Waals surface area (Å²) < 4.78 is 0. The van der Waals surface area contributed by atoms with Gasteiger partial charge < -0.3 is 5.32 Å². The van der Waals surface area contributed by atoms with Crippen LogP contribution in [0.1, 0.15) is 30.7 Å². The van der Waals surface area contributed by atoms with Gasteiger partial charge in [0.2, 0.25) is 0 Å². The molecule has 0 radical (unpaired) electrons. The van der Waals surface area contributed by atoms with Crippen LogP contribution in [0.2, 0.25) is 0 Å². The van der Waals surface area contributed by atoms with Gasteiger partial charge in [0.25, 0.3) is 0 Å². The molecule has 1 aliphatic rings. The summed E-state index contributed by atoms with van der Waals surface area (Å²) in [4.78, 5) is 1.37. The molecule has 1 aliphatic carbocycles. The quantitative estimate of drug-likeness (QED) is 0.709. The van der Waals surface area contributed by atoms with Gasteiger partial charge in [0.15, 0.2) is 0 Å². The zero-order chi connectivity index (χ0) is 14.3. The summed E-state index contributed by atoms with van der Waals surface area (Å²) in [7, 11) is 0. The highest BCUT2D eigenvalue weighted by atomic mass is 32.2. The Morgan fingerprint density at radius 1 is 0.952 bits per heavy atom. The molecular weight excluding hydrogens is 274 g/mol. The molecular formula is C19H23NS. The summed E-state index contributed by atoms with van der Waals surface area (Å²) in [6.07, 6.45) is 3.95. The molecule has 1 unspecified atom stereocenters. The summed E-state index contributed by atoms with van der Waals surface area (Å²) in [6.45, 7) is 1.12. The highest BCUT2D eigenvalue weighted by Gasteiger charge is 2.22. The Kier molecular flexibility index (Phi) is 5.36. The van der Waals surface area contributed by atoms with Crippen molar-refractivity contribution in [3.05, 3.63) is 66.2 Å². The molecule has 21 heavy (non-hydrogen) atoms. The number of nitrogens with one attached hydrogen (secondary N) is 1. The van der Waals surface area contributed by atoms with Gasteiger partial charge in [-0.25, -0.2) is 0 Å². The van der Waals surface area contributed by atoms with E-state index in [2.05, 4.69) is 66.0 Å². The molecule has 0 bridgehead atoms. The molecule has 0 amide bonds. The first-order valence-electron chi connectivity index (χ1n) is 7.88. The van der Waals surface area contributed by atoms with Gasteiger partial charge in [0, 0.05) is 17.5 Å². The van der Waals surface area contributed by atoms with E-state index in [1.807, 2.05) is 11.8 Å². The Hall–Kier alpha value is -1.25. The number of benzene rings is 2. The van der Waals surface area contributed by atoms with Crippen LogP contribution in [-0.4, -0.2) is 18.3 Å². The van der Waals surface area contributed by atoms with Crippen LogP contribution in [0.25, 0.3) is 0 Å². The van der Waals surface area contributed by atoms with E-state index in [-0.39, 0.29) is 0 Å². The van der Waals surface area contributed by atoms with Crippen LogP contribution < -0.4 is 5.32 Å². The Labute approximate surface area is 132 Å². The van der Waals surface area contributed by atoms with Crippen molar-refractivity contribution in [1.29, 1.82) is 0 Å². The fourth-order valence-electron chi connectivity index (χ4n) is 2.54. The zero-order valence-electron chi connectivity index (χ0n) is 12.4. The molecule has 110 valence electrons. The van der Waals surface area contributed by atoms with Crippen molar-refractivity contribution in [1.82, 2.24) is 5.32 Å². The molecule has 2 aromatic rings. The van der Waals surface area contributed by atoms with Crippen LogP contribution >= 0.6 is 11.8 Å². The van der Waals surface area contributed by atoms with Gasteiger partial charge in [-0.3, -0.25) is 0 Å². The maximum atomic E-state index is 3.69. The van der Waals surface area contributed by atoms with Crippen molar-refractivity contribution < 1.29 is 0 Å². The maximum absolute atomic E-state index is 3.69. The van der Waals surface area contributed by atoms with E-state index in [0.29, 0.717) is 5.92 Å². The van der Waals surface area contributed by atoms with Gasteiger partial charge >= 0.3 is 0 Å². The molecule has 1 saturated carbocycles. The normalized spacial score (nSPS) is 15.8. The predicted octanol–water partition coefficient (Wildman–Crippen LogP) is 4.70. The van der Waals surface area contributed by atoms with E-state index in [0.717, 1.165) is 12.6 Å². The summed E-state index contributed by atoms with van der Waals surface area (Å²) in [5.74, 6) is 1.80. The van der Waals surface area contributed by atoms with E-state index >= 15 is 0 Å². The maximum Gasteiger partial charge on any atom is 0.00719 e. The highest BCUT2D eigenvalue weighted by molar-refractivity contribution is 7.99. The average Bonchev–Trinajstić information content (AvgIpc) is 3.37. The second kappa shape index (κ2) is 7.67. The molecule has 0 spiro atoms. The number of hydrogen-bond acceptors (Lipinski definition) is 2. The van der Waals surface area contributed by atoms with Crippen molar-refractivity contribution in [2.75, 3.05) is 12.3 Å². The fraction of sp³-hybridized carbons (Fsp3) is 0.368. The van der Waals surface area contributed by atoms with Crippen LogP contribution in [0.4, 0.5) is 0 Å². The van der Waals surface area contributed by atoms with Crippen molar-refractivity contribution in [3.63, 3.8) is 0 Å². The van der Waals surface area contributed by atoms with E-state index in [1.165, 1.54) is 35.5 Å². The second-order valence-corrected chi connectivity index (χ2v) is 6.91. The van der Waals surface area contributed by atoms with Gasteiger partial charge in [0.05, 0.1) is 0 Å². The molecule has 3 rings (SSSR count). The van der Waals surface area contributed by atoms with Crippen molar-refractivity contribution >= 4 is 11.8 Å². The molecule has 2 aromatic carbocycles. The minimum atomic E-state index is 0.628. The lowest BCUT2D eigenvalue weighted by Gasteiger charge is -2.18. The summed E-state index contributed by atoms with van der Waals surface area (Å²) in [5, 5.41) is 3.69. The third-order valence-electron chi connectivity index (χ3n) is 3.98. The Bertz CT molecular complexity index is 522. The van der Waals surface area contributed by atoms with Crippen LogP contribution in [0.5, 0.6) is 0 Å². The molecule has 1 fully saturated rings. The van der Waals surface area contributed by atoms with Crippen LogP contribution in [-0.2, 0) is 0 Å². The summed E-state index contributed by atoms with van der Waals surface area (Å²) >= 11 is 1.97. The smallest absolute Gasteiger partial charge is 0.00719 e. The van der Waals surface area contributed by atoms with Crippen molar-refractivity contribution in [2.45, 2.75) is 36.1 Å². The molecule has 1 N–H and O–H groups in total. The minimum absolute atomic E-state index is 0.628. The van der Waals surface area contributed by atoms with E-state index in [9.17, 15) is 0 Å². The first kappa shape index (κ1) is 14.7.